The van der Waals surface area contributed by atoms with E-state index in [0.717, 1.165) is 70.6 Å². The predicted molar refractivity (Wildman–Crippen MR) is 243 cm³/mol. The van der Waals surface area contributed by atoms with Crippen molar-refractivity contribution in [3.63, 3.8) is 0 Å². The Bertz CT molecular complexity index is 1470. The smallest absolute Gasteiger partial charge is 0.462 e. The van der Waals surface area contributed by atoms with Crippen LogP contribution in [0.15, 0.2) is 85.1 Å². The lowest BCUT2D eigenvalue weighted by atomic mass is 9.90. The molecule has 0 aromatic carbocycles. The zero-order valence-electron chi connectivity index (χ0n) is 37.3. The average Bonchev–Trinajstić information content (AvgIpc) is 3.52. The highest BCUT2D eigenvalue weighted by Crippen LogP contribution is 2.43. The number of carbonyl (C=O) groups excluding carboxylic acids is 3. The van der Waals surface area contributed by atoms with Crippen molar-refractivity contribution in [2.45, 2.75) is 160 Å². The number of ketones is 1. The van der Waals surface area contributed by atoms with Gasteiger partial charge in [-0.2, -0.15) is 0 Å². The summed E-state index contributed by atoms with van der Waals surface area (Å²) < 4.78 is 32.7. The van der Waals surface area contributed by atoms with E-state index in [4.69, 9.17) is 19.1 Å². The summed E-state index contributed by atoms with van der Waals surface area (Å²) in [5.74, 6) is -1.95. The molecule has 1 rings (SSSR count). The van der Waals surface area contributed by atoms with E-state index in [1.807, 2.05) is 12.2 Å². The molecule has 62 heavy (non-hydrogen) atoms. The molecular formula is C48H77O13P. The van der Waals surface area contributed by atoms with E-state index in [-0.39, 0.29) is 36.9 Å². The van der Waals surface area contributed by atoms with Crippen LogP contribution in [-0.4, -0.2) is 93.9 Å². The molecular weight excluding hydrogens is 815 g/mol. The maximum Gasteiger partial charge on any atom is 0.472 e. The van der Waals surface area contributed by atoms with E-state index in [0.29, 0.717) is 32.1 Å². The topological polar surface area (TPSA) is 206 Å². The molecule has 7 atom stereocenters. The van der Waals surface area contributed by atoms with E-state index in [2.05, 4.69) is 79.1 Å². The predicted octanol–water partition coefficient (Wildman–Crippen LogP) is 8.81. The van der Waals surface area contributed by atoms with Crippen molar-refractivity contribution < 1.29 is 62.8 Å². The summed E-state index contributed by atoms with van der Waals surface area (Å²) in [5, 5.41) is 39.1. The molecule has 1 saturated carbocycles. The number of hydrogen-bond donors (Lipinski definition) is 5. The summed E-state index contributed by atoms with van der Waals surface area (Å²) in [6, 6.07) is 0. The van der Waals surface area contributed by atoms with Gasteiger partial charge < -0.3 is 34.8 Å². The number of aliphatic hydroxyl groups is 4. The number of phosphoric ester groups is 1. The fourth-order valence-corrected chi connectivity index (χ4v) is 7.14. The van der Waals surface area contributed by atoms with Crippen molar-refractivity contribution in [3.8, 4) is 0 Å². The van der Waals surface area contributed by atoms with Crippen molar-refractivity contribution in [1.29, 1.82) is 0 Å². The maximum atomic E-state index is 12.7. The fraction of sp³-hybridized carbons (Fsp3) is 0.646. The van der Waals surface area contributed by atoms with Gasteiger partial charge in [-0.15, -0.1) is 0 Å². The van der Waals surface area contributed by atoms with Crippen LogP contribution < -0.4 is 0 Å². The molecule has 0 radical (unpaired) electrons. The molecule has 0 saturated heterocycles. The molecule has 1 unspecified atom stereocenters. The third-order valence-corrected chi connectivity index (χ3v) is 10.9. The van der Waals surface area contributed by atoms with Crippen LogP contribution in [0.5, 0.6) is 0 Å². The molecule has 1 aliphatic carbocycles. The zero-order chi connectivity index (χ0) is 45.7. The minimum absolute atomic E-state index is 0.0239. The van der Waals surface area contributed by atoms with E-state index in [1.165, 1.54) is 0 Å². The zero-order valence-corrected chi connectivity index (χ0v) is 38.2. The Morgan fingerprint density at radius 1 is 0.742 bits per heavy atom. The molecule has 0 heterocycles. The Hall–Kier alpha value is -3.26. The minimum atomic E-state index is -4.70. The standard InChI is InChI=1S/C48H77O13P/c1-3-5-7-8-9-10-11-12-13-14-15-16-17-18-19-20-21-22-28-32-48(55)61-42(39-60-62(56,57)59-37-41(51)36-49)38-58-47(54)31-27-24-23-26-30-43-44(46(53)35-45(43)52)34-33-40(50)29-25-6-4-2/h5,7,9-10,12-13,15-16,18-19,23,26,33-34,40-44,46,49-51,53H,3-4,6,8,11,14,17,20-22,24-25,27-32,35-39H2,1-2H3,(H,56,57)/b7-5-,10-9-,13-12-,16-15-,19-18-,26-23-,34-33+/t40-,41-,42+,43+,44+,46+/m0/s1. The molecule has 1 fully saturated rings. The van der Waals surface area contributed by atoms with Gasteiger partial charge in [0.2, 0.25) is 0 Å². The summed E-state index contributed by atoms with van der Waals surface area (Å²) in [6.45, 7) is 1.80. The van der Waals surface area contributed by atoms with Gasteiger partial charge in [-0.1, -0.05) is 125 Å². The fourth-order valence-electron chi connectivity index (χ4n) is 6.35. The highest BCUT2D eigenvalue weighted by molar-refractivity contribution is 7.47. The van der Waals surface area contributed by atoms with Crippen molar-refractivity contribution in [2.24, 2.45) is 11.8 Å². The van der Waals surface area contributed by atoms with E-state index in [1.54, 1.807) is 12.2 Å². The van der Waals surface area contributed by atoms with E-state index in [9.17, 15) is 39.2 Å². The maximum absolute atomic E-state index is 12.7. The van der Waals surface area contributed by atoms with Gasteiger partial charge in [-0.3, -0.25) is 23.4 Å². The first-order valence-corrected chi connectivity index (χ1v) is 24.1. The van der Waals surface area contributed by atoms with Crippen molar-refractivity contribution in [3.05, 3.63) is 85.1 Å². The summed E-state index contributed by atoms with van der Waals surface area (Å²) in [4.78, 5) is 47.8. The van der Waals surface area contributed by atoms with Crippen LogP contribution in [0.25, 0.3) is 0 Å². The Morgan fingerprint density at radius 3 is 1.98 bits per heavy atom. The lowest BCUT2D eigenvalue weighted by Crippen LogP contribution is -2.29. The van der Waals surface area contributed by atoms with Gasteiger partial charge >= 0.3 is 19.8 Å². The molecule has 0 aromatic heterocycles. The first kappa shape index (κ1) is 56.8. The largest absolute Gasteiger partial charge is 0.472 e. The van der Waals surface area contributed by atoms with Gasteiger partial charge in [0.1, 0.15) is 18.5 Å². The highest BCUT2D eigenvalue weighted by Gasteiger charge is 2.39. The molecule has 0 amide bonds. The Kier molecular flexibility index (Phi) is 34.0. The van der Waals surface area contributed by atoms with E-state index >= 15 is 0 Å². The van der Waals surface area contributed by atoms with Crippen LogP contribution in [0, 0.1) is 11.8 Å². The van der Waals surface area contributed by atoms with Gasteiger partial charge in [0.25, 0.3) is 0 Å². The second-order valence-corrected chi connectivity index (χ2v) is 16.9. The van der Waals surface area contributed by atoms with Crippen LogP contribution in [-0.2, 0) is 37.5 Å². The van der Waals surface area contributed by atoms with Crippen LogP contribution in [0.4, 0.5) is 0 Å². The molecule has 13 nitrogen and oxygen atoms in total. The molecule has 14 heteroatoms. The molecule has 0 aliphatic heterocycles. The van der Waals surface area contributed by atoms with E-state index < -0.39 is 70.6 Å². The highest BCUT2D eigenvalue weighted by atomic mass is 31.2. The molecule has 0 aromatic rings. The third kappa shape index (κ3) is 30.7. The third-order valence-electron chi connectivity index (χ3n) is 9.90. The summed E-state index contributed by atoms with van der Waals surface area (Å²) >= 11 is 0. The second kappa shape index (κ2) is 37.1. The first-order chi connectivity index (χ1) is 29.9. The van der Waals surface area contributed by atoms with Crippen molar-refractivity contribution in [1.82, 2.24) is 0 Å². The van der Waals surface area contributed by atoms with Crippen LogP contribution in [0.2, 0.25) is 0 Å². The number of carbonyl (C=O) groups is 3. The lowest BCUT2D eigenvalue weighted by Gasteiger charge is -2.20. The first-order valence-electron chi connectivity index (χ1n) is 22.6. The van der Waals surface area contributed by atoms with Gasteiger partial charge in [0.05, 0.1) is 32.0 Å². The number of aliphatic hydroxyl groups excluding tert-OH is 4. The Morgan fingerprint density at radius 2 is 1.34 bits per heavy atom. The summed E-state index contributed by atoms with van der Waals surface area (Å²) in [6.07, 6.45) is 37.7. The normalized spacial score (nSPS) is 19.9. The molecule has 352 valence electrons. The quantitative estimate of drug-likeness (QED) is 0.0171. The average molecular weight is 893 g/mol. The monoisotopic (exact) mass is 893 g/mol. The summed E-state index contributed by atoms with van der Waals surface area (Å²) in [7, 11) is -4.70. The van der Waals surface area contributed by atoms with Crippen molar-refractivity contribution >= 4 is 25.5 Å². The second-order valence-electron chi connectivity index (χ2n) is 15.5. The molecule has 5 N–H and O–H groups in total. The molecule has 1 aliphatic rings. The van der Waals surface area contributed by atoms with Gasteiger partial charge in [0.15, 0.2) is 6.10 Å². The van der Waals surface area contributed by atoms with Gasteiger partial charge in [-0.25, -0.2) is 4.57 Å². The molecule has 0 spiro atoms. The minimum Gasteiger partial charge on any atom is -0.462 e. The molecule has 0 bridgehead atoms. The van der Waals surface area contributed by atoms with Crippen molar-refractivity contribution in [2.75, 3.05) is 26.4 Å². The number of esters is 2. The number of ether oxygens (including phenoxy) is 2. The Balaban J connectivity index is 2.48. The summed E-state index contributed by atoms with van der Waals surface area (Å²) in [5.41, 5.74) is 0. The number of Topliss-reactive ketones (excluding diaryl/α,β-unsaturated/α-hetero) is 1. The number of rotatable bonds is 37. The number of unbranched alkanes of at least 4 members (excludes halogenated alkanes) is 6. The lowest BCUT2D eigenvalue weighted by molar-refractivity contribution is -0.161. The van der Waals surface area contributed by atoms with Gasteiger partial charge in [-0.05, 0) is 77.0 Å². The Labute approximate surface area is 371 Å². The number of allylic oxidation sites excluding steroid dienone is 12. The SMILES string of the molecule is CC/C=C\C/C=C\C/C=C\C/C=C\C/C=C\CCCCCC(=O)O[C@H](COC(=O)CCC/C=C\C[C@H]1C(=O)C[C@@H](O)[C@@H]1/C=C/[C@@H](O)CCCCC)COP(=O)(O)OC[C@@H](O)CO. The number of hydrogen-bond acceptors (Lipinski definition) is 12. The van der Waals surface area contributed by atoms with Crippen LogP contribution in [0.3, 0.4) is 0 Å². The number of phosphoric acid groups is 1. The van der Waals surface area contributed by atoms with Crippen LogP contribution in [0.1, 0.15) is 136 Å². The van der Waals surface area contributed by atoms with Crippen LogP contribution >= 0.6 is 7.82 Å². The van der Waals surface area contributed by atoms with Gasteiger partial charge in [0, 0.05) is 31.1 Å².